The Morgan fingerprint density at radius 3 is 2.77 bits per heavy atom. The summed E-state index contributed by atoms with van der Waals surface area (Å²) in [5, 5.41) is 0. The minimum absolute atomic E-state index is 0.251. The first kappa shape index (κ1) is 9.48. The van der Waals surface area contributed by atoms with Crippen molar-refractivity contribution in [2.75, 3.05) is 0 Å². The summed E-state index contributed by atoms with van der Waals surface area (Å²) in [6.45, 7) is 3.57. The molecule has 3 nitrogen and oxygen atoms in total. The van der Waals surface area contributed by atoms with Crippen molar-refractivity contribution in [1.29, 1.82) is 0 Å². The first-order valence-electron chi connectivity index (χ1n) is 3.93. The van der Waals surface area contributed by atoms with Crippen molar-refractivity contribution in [1.82, 2.24) is 0 Å². The fourth-order valence-corrected chi connectivity index (χ4v) is 1.04. The van der Waals surface area contributed by atoms with Crippen LogP contribution in [0.25, 0.3) is 0 Å². The van der Waals surface area contributed by atoms with Gasteiger partial charge in [-0.15, -0.1) is 6.58 Å². The van der Waals surface area contributed by atoms with E-state index in [1.54, 1.807) is 24.3 Å². The molecule has 4 N–H and O–H groups in total. The summed E-state index contributed by atoms with van der Waals surface area (Å²) in [5.74, 6) is -0.446. The Balaban J connectivity index is 3.04. The van der Waals surface area contributed by atoms with Crippen LogP contribution in [0, 0.1) is 0 Å². The fourth-order valence-electron chi connectivity index (χ4n) is 1.04. The number of carbonyl (C=O) groups is 1. The molecule has 0 saturated heterocycles. The third kappa shape index (κ3) is 2.16. The molecule has 1 aromatic carbocycles. The highest BCUT2D eigenvalue weighted by Crippen LogP contribution is 2.12. The van der Waals surface area contributed by atoms with Gasteiger partial charge in [0, 0.05) is 11.6 Å². The summed E-state index contributed by atoms with van der Waals surface area (Å²) < 4.78 is 0. The highest BCUT2D eigenvalue weighted by Gasteiger charge is 2.04. The van der Waals surface area contributed by atoms with Gasteiger partial charge in [0.25, 0.3) is 0 Å². The van der Waals surface area contributed by atoms with Crippen molar-refractivity contribution in [3.05, 3.63) is 48.0 Å². The largest absolute Gasteiger partial charge is 0.366 e. The number of nitrogens with two attached hydrogens (primary N) is 2. The van der Waals surface area contributed by atoms with Gasteiger partial charge in [-0.1, -0.05) is 18.2 Å². The molecule has 3 heteroatoms. The molecule has 0 aliphatic rings. The molecule has 0 radical (unpaired) electrons. The normalized spacial score (nSPS) is 12.1. The van der Waals surface area contributed by atoms with E-state index in [9.17, 15) is 4.79 Å². The van der Waals surface area contributed by atoms with Crippen LogP contribution in [0.5, 0.6) is 0 Å². The predicted molar refractivity (Wildman–Crippen MR) is 52.1 cm³/mol. The first-order chi connectivity index (χ1) is 6.15. The van der Waals surface area contributed by atoms with Crippen molar-refractivity contribution in [3.8, 4) is 0 Å². The standard InChI is InChI=1S/C10H12N2O/c1-2-9(11)7-4-3-5-8(6-7)10(12)13/h2-6,9H,1,11H2,(H2,12,13)/t9-/m0/s1. The van der Waals surface area contributed by atoms with Crippen molar-refractivity contribution in [2.45, 2.75) is 6.04 Å². The van der Waals surface area contributed by atoms with Crippen LogP contribution in [0.1, 0.15) is 22.0 Å². The number of primary amides is 1. The number of rotatable bonds is 3. The van der Waals surface area contributed by atoms with Gasteiger partial charge in [0.2, 0.25) is 5.91 Å². The minimum atomic E-state index is -0.446. The quantitative estimate of drug-likeness (QED) is 0.674. The molecule has 1 amide bonds. The number of carbonyl (C=O) groups excluding carboxylic acids is 1. The number of hydrogen-bond acceptors (Lipinski definition) is 2. The summed E-state index contributed by atoms with van der Waals surface area (Å²) in [4.78, 5) is 10.8. The zero-order chi connectivity index (χ0) is 9.84. The van der Waals surface area contributed by atoms with Crippen LogP contribution >= 0.6 is 0 Å². The Kier molecular flexibility index (Phi) is 2.82. The Bertz CT molecular complexity index is 333. The third-order valence-corrected chi connectivity index (χ3v) is 1.81. The zero-order valence-corrected chi connectivity index (χ0v) is 7.23. The molecule has 1 atom stereocenters. The summed E-state index contributed by atoms with van der Waals surface area (Å²) in [7, 11) is 0. The van der Waals surface area contributed by atoms with Gasteiger partial charge >= 0.3 is 0 Å². The van der Waals surface area contributed by atoms with Crippen LogP contribution in [0.4, 0.5) is 0 Å². The van der Waals surface area contributed by atoms with E-state index in [0.29, 0.717) is 5.56 Å². The number of hydrogen-bond donors (Lipinski definition) is 2. The van der Waals surface area contributed by atoms with Gasteiger partial charge in [-0.3, -0.25) is 4.79 Å². The van der Waals surface area contributed by atoms with Gasteiger partial charge in [0.05, 0.1) is 0 Å². The Morgan fingerprint density at radius 2 is 2.23 bits per heavy atom. The van der Waals surface area contributed by atoms with E-state index in [1.807, 2.05) is 6.07 Å². The highest BCUT2D eigenvalue weighted by atomic mass is 16.1. The molecule has 68 valence electrons. The fraction of sp³-hybridized carbons (Fsp3) is 0.100. The average molecular weight is 176 g/mol. The third-order valence-electron chi connectivity index (χ3n) is 1.81. The second kappa shape index (κ2) is 3.87. The molecule has 0 aromatic heterocycles. The second-order valence-corrected chi connectivity index (χ2v) is 2.75. The lowest BCUT2D eigenvalue weighted by Crippen LogP contribution is -2.13. The van der Waals surface area contributed by atoms with Crippen LogP contribution in [-0.2, 0) is 0 Å². The van der Waals surface area contributed by atoms with E-state index in [4.69, 9.17) is 11.5 Å². The number of benzene rings is 1. The smallest absolute Gasteiger partial charge is 0.248 e. The maximum atomic E-state index is 10.8. The molecule has 0 heterocycles. The van der Waals surface area contributed by atoms with Crippen LogP contribution in [0.3, 0.4) is 0 Å². The van der Waals surface area contributed by atoms with Gasteiger partial charge < -0.3 is 11.5 Å². The van der Waals surface area contributed by atoms with E-state index < -0.39 is 5.91 Å². The van der Waals surface area contributed by atoms with Crippen molar-refractivity contribution < 1.29 is 4.79 Å². The molecule has 0 saturated carbocycles. The van der Waals surface area contributed by atoms with Crippen LogP contribution in [0.2, 0.25) is 0 Å². The lowest BCUT2D eigenvalue weighted by atomic mass is 10.0. The predicted octanol–water partition coefficient (Wildman–Crippen LogP) is 0.971. The minimum Gasteiger partial charge on any atom is -0.366 e. The van der Waals surface area contributed by atoms with Gasteiger partial charge in [-0.2, -0.15) is 0 Å². The molecule has 13 heavy (non-hydrogen) atoms. The second-order valence-electron chi connectivity index (χ2n) is 2.75. The monoisotopic (exact) mass is 176 g/mol. The van der Waals surface area contributed by atoms with Crippen molar-refractivity contribution in [2.24, 2.45) is 11.5 Å². The van der Waals surface area contributed by atoms with Crippen LogP contribution in [0.15, 0.2) is 36.9 Å². The van der Waals surface area contributed by atoms with Crippen molar-refractivity contribution >= 4 is 5.91 Å². The van der Waals surface area contributed by atoms with E-state index in [1.165, 1.54) is 0 Å². The molecule has 0 aliphatic carbocycles. The molecule has 1 rings (SSSR count). The topological polar surface area (TPSA) is 69.1 Å². The molecular weight excluding hydrogens is 164 g/mol. The molecule has 0 unspecified atom stereocenters. The molecule has 0 bridgehead atoms. The lowest BCUT2D eigenvalue weighted by molar-refractivity contribution is 0.1000. The Morgan fingerprint density at radius 1 is 1.54 bits per heavy atom. The van der Waals surface area contributed by atoms with E-state index >= 15 is 0 Å². The van der Waals surface area contributed by atoms with Gasteiger partial charge in [-0.25, -0.2) is 0 Å². The Labute approximate surface area is 77.0 Å². The molecule has 0 aliphatic heterocycles. The van der Waals surface area contributed by atoms with Gasteiger partial charge in [0.1, 0.15) is 0 Å². The maximum Gasteiger partial charge on any atom is 0.248 e. The SMILES string of the molecule is C=C[C@H](N)c1cccc(C(N)=O)c1. The van der Waals surface area contributed by atoms with Crippen LogP contribution in [-0.4, -0.2) is 5.91 Å². The van der Waals surface area contributed by atoms with Gasteiger partial charge in [-0.05, 0) is 17.7 Å². The highest BCUT2D eigenvalue weighted by molar-refractivity contribution is 5.92. The molecule has 0 fully saturated rings. The van der Waals surface area contributed by atoms with Crippen molar-refractivity contribution in [3.63, 3.8) is 0 Å². The summed E-state index contributed by atoms with van der Waals surface area (Å²) in [5.41, 5.74) is 12.1. The molecular formula is C10H12N2O. The summed E-state index contributed by atoms with van der Waals surface area (Å²) >= 11 is 0. The maximum absolute atomic E-state index is 10.8. The number of amides is 1. The average Bonchev–Trinajstić information content (AvgIpc) is 2.17. The zero-order valence-electron chi connectivity index (χ0n) is 7.23. The summed E-state index contributed by atoms with van der Waals surface area (Å²) in [6, 6.07) is 6.66. The lowest BCUT2D eigenvalue weighted by Gasteiger charge is -2.06. The molecule has 1 aromatic rings. The summed E-state index contributed by atoms with van der Waals surface area (Å²) in [6.07, 6.45) is 1.61. The van der Waals surface area contributed by atoms with Gasteiger partial charge in [0.15, 0.2) is 0 Å². The van der Waals surface area contributed by atoms with E-state index in [-0.39, 0.29) is 6.04 Å². The van der Waals surface area contributed by atoms with E-state index in [2.05, 4.69) is 6.58 Å². The van der Waals surface area contributed by atoms with E-state index in [0.717, 1.165) is 5.56 Å². The molecule has 0 spiro atoms. The van der Waals surface area contributed by atoms with Crippen LogP contribution < -0.4 is 11.5 Å². The Hall–Kier alpha value is -1.61. The first-order valence-corrected chi connectivity index (χ1v) is 3.93.